The van der Waals surface area contributed by atoms with E-state index < -0.39 is 5.97 Å². The molecule has 0 N–H and O–H groups in total. The fourth-order valence-corrected chi connectivity index (χ4v) is 5.30. The van der Waals surface area contributed by atoms with Crippen LogP contribution in [0.15, 0.2) is 0 Å². The maximum atomic E-state index is 10.0. The first kappa shape index (κ1) is 29.1. The molecule has 3 heteroatoms. The zero-order chi connectivity index (χ0) is 20.6. The normalized spacial score (nSPS) is 10.7. The van der Waals surface area contributed by atoms with Crippen molar-refractivity contribution in [3.63, 3.8) is 0 Å². The van der Waals surface area contributed by atoms with E-state index in [4.69, 9.17) is 0 Å². The molecule has 0 spiro atoms. The Bertz CT molecular complexity index is 278. The van der Waals surface area contributed by atoms with Gasteiger partial charge in [0.2, 0.25) is 0 Å². The molecule has 0 aromatic rings. The molecule has 0 unspecified atom stereocenters. The molecule has 0 aromatic heterocycles. The van der Waals surface area contributed by atoms with Crippen molar-refractivity contribution in [1.29, 1.82) is 0 Å². The van der Waals surface area contributed by atoms with Crippen LogP contribution in [0.3, 0.4) is 0 Å². The zero-order valence-corrected chi connectivity index (χ0v) is 20.3. The second-order valence-electron chi connectivity index (χ2n) is 7.93. The Morgan fingerprint density at radius 3 is 1.33 bits per heavy atom. The third-order valence-corrected chi connectivity index (χ3v) is 8.43. The van der Waals surface area contributed by atoms with E-state index in [1.807, 2.05) is 0 Å². The number of carboxylic acids is 1. The summed E-state index contributed by atoms with van der Waals surface area (Å²) in [5.74, 6) is -0.913. The minimum absolute atomic E-state index is 0.0757. The van der Waals surface area contributed by atoms with Gasteiger partial charge in [-0.25, -0.2) is 0 Å². The molecule has 0 aromatic carbocycles. The summed E-state index contributed by atoms with van der Waals surface area (Å²) in [4.78, 5) is 10.0. The second kappa shape index (κ2) is 25.9. The molecule has 0 saturated carbocycles. The van der Waals surface area contributed by atoms with Gasteiger partial charge in [0.1, 0.15) is 0 Å². The molecular weight excluding hydrogens is 351 g/mol. The van der Waals surface area contributed by atoms with Crippen molar-refractivity contribution >= 4 is 13.9 Å². The van der Waals surface area contributed by atoms with Gasteiger partial charge in [0.15, 0.2) is 0 Å². The quantitative estimate of drug-likeness (QED) is 0.168. The monoisotopic (exact) mass is 402 g/mol. The number of carbonyl (C=O) groups is 1. The van der Waals surface area contributed by atoms with Crippen LogP contribution in [0.4, 0.5) is 0 Å². The first-order valence-corrected chi connectivity index (χ1v) is 14.3. The third-order valence-electron chi connectivity index (χ3n) is 5.37. The molecule has 0 saturated heterocycles. The maximum absolute atomic E-state index is 10.0. The summed E-state index contributed by atoms with van der Waals surface area (Å²) in [6.07, 6.45) is 24.6. The molecule has 0 aliphatic rings. The first-order valence-electron chi connectivity index (χ1n) is 12.2. The van der Waals surface area contributed by atoms with Crippen molar-refractivity contribution in [2.75, 3.05) is 18.5 Å². The predicted octanol–water partition coefficient (Wildman–Crippen LogP) is 7.26. The molecule has 2 nitrogen and oxygen atoms in total. The molecule has 0 aliphatic carbocycles. The van der Waals surface area contributed by atoms with Gasteiger partial charge in [0.25, 0.3) is 0 Å². The van der Waals surface area contributed by atoms with Gasteiger partial charge >= 0.3 is 0 Å². The van der Waals surface area contributed by atoms with Crippen LogP contribution in [0, 0.1) is 0 Å². The highest BCUT2D eigenvalue weighted by Crippen LogP contribution is 2.35. The van der Waals surface area contributed by atoms with Crippen LogP contribution in [0.2, 0.25) is 0 Å². The number of carboxylic acid groups (broad SMARTS) is 1. The summed E-state index contributed by atoms with van der Waals surface area (Å²) in [6, 6.07) is 0. The van der Waals surface area contributed by atoms with E-state index in [0.29, 0.717) is 0 Å². The first-order chi connectivity index (χ1) is 13.1. The average molecular weight is 403 g/mol. The van der Waals surface area contributed by atoms with Gasteiger partial charge in [-0.05, 0) is 39.5 Å². The Balaban J connectivity index is 0. The summed E-state index contributed by atoms with van der Waals surface area (Å²) in [5, 5.41) is 10.0. The molecule has 0 rings (SSSR count). The van der Waals surface area contributed by atoms with Crippen LogP contribution in [0.1, 0.15) is 130 Å². The lowest BCUT2D eigenvalue weighted by Gasteiger charge is -2.05. The molecule has 0 fully saturated rings. The Morgan fingerprint density at radius 2 is 0.963 bits per heavy atom. The van der Waals surface area contributed by atoms with Crippen LogP contribution >= 0.6 is 7.92 Å². The Labute approximate surface area is 173 Å². The molecule has 0 bridgehead atoms. The molecule has 0 atom stereocenters. The number of carbonyl (C=O) groups excluding carboxylic acids is 1. The lowest BCUT2D eigenvalue weighted by atomic mass is 10.1. The van der Waals surface area contributed by atoms with Crippen molar-refractivity contribution in [2.45, 2.75) is 130 Å². The van der Waals surface area contributed by atoms with E-state index in [-0.39, 0.29) is 14.3 Å². The van der Waals surface area contributed by atoms with E-state index in [0.717, 1.165) is 12.8 Å². The summed E-state index contributed by atoms with van der Waals surface area (Å²) >= 11 is 0. The average Bonchev–Trinajstić information content (AvgIpc) is 2.66. The zero-order valence-electron chi connectivity index (χ0n) is 19.3. The van der Waals surface area contributed by atoms with E-state index in [1.165, 1.54) is 95.8 Å². The van der Waals surface area contributed by atoms with Gasteiger partial charge < -0.3 is 9.90 Å². The van der Waals surface area contributed by atoms with E-state index in [9.17, 15) is 9.90 Å². The van der Waals surface area contributed by atoms with E-state index in [1.54, 1.807) is 6.16 Å². The highest BCUT2D eigenvalue weighted by atomic mass is 31.1. The lowest BCUT2D eigenvalue weighted by Crippen LogP contribution is -2.21. The van der Waals surface area contributed by atoms with Gasteiger partial charge in [-0.2, -0.15) is 0 Å². The minimum atomic E-state index is -0.913. The van der Waals surface area contributed by atoms with Crippen LogP contribution in [-0.4, -0.2) is 24.5 Å². The van der Waals surface area contributed by atoms with E-state index in [2.05, 4.69) is 27.7 Å². The van der Waals surface area contributed by atoms with Gasteiger partial charge in [0, 0.05) is 13.9 Å². The van der Waals surface area contributed by atoms with Gasteiger partial charge in [-0.15, -0.1) is 0 Å². The summed E-state index contributed by atoms with van der Waals surface area (Å²) in [5.41, 5.74) is 0. The standard InChI is InChI=1S/C14H31P.C10H20O2/c1-4-7-8-9-10-11-12-13-14-15(5-2)6-3;1-2-3-4-5-6-7-8-9-10(11)12/h4-14H2,1-3H3;2-9H2,1H3,(H,11,12). The largest absolute Gasteiger partial charge is 0.550 e. The predicted molar refractivity (Wildman–Crippen MR) is 124 cm³/mol. The number of aliphatic carboxylic acids is 1. The molecule has 0 radical (unpaired) electrons. The molecular formula is C24H51O2P. The molecule has 27 heavy (non-hydrogen) atoms. The second-order valence-corrected chi connectivity index (χ2v) is 11.3. The lowest BCUT2D eigenvalue weighted by molar-refractivity contribution is -0.305. The van der Waals surface area contributed by atoms with E-state index >= 15 is 0 Å². The molecule has 0 heterocycles. The highest BCUT2D eigenvalue weighted by molar-refractivity contribution is 7.57. The van der Waals surface area contributed by atoms with Crippen molar-refractivity contribution in [2.24, 2.45) is 0 Å². The summed E-state index contributed by atoms with van der Waals surface area (Å²) in [7, 11) is 0.0757. The van der Waals surface area contributed by atoms with Gasteiger partial charge in [0.05, 0.1) is 18.5 Å². The molecule has 0 amide bonds. The van der Waals surface area contributed by atoms with Gasteiger partial charge in [-0.1, -0.05) is 90.9 Å². The fourth-order valence-electron chi connectivity index (χ4n) is 3.34. The topological polar surface area (TPSA) is 40.1 Å². The molecule has 164 valence electrons. The third kappa shape index (κ3) is 28.2. The van der Waals surface area contributed by atoms with Crippen LogP contribution in [0.5, 0.6) is 0 Å². The maximum Gasteiger partial charge on any atom is 0.0571 e. The smallest absolute Gasteiger partial charge is 0.0571 e. The van der Waals surface area contributed by atoms with Crippen LogP contribution in [-0.2, 0) is 4.79 Å². The number of unbranched alkanes of at least 4 members (excludes halogenated alkanes) is 13. The summed E-state index contributed by atoms with van der Waals surface area (Å²) < 4.78 is 0. The Hall–Kier alpha value is -0.100. The molecule has 0 aliphatic heterocycles. The Morgan fingerprint density at radius 1 is 0.593 bits per heavy atom. The minimum Gasteiger partial charge on any atom is -0.550 e. The van der Waals surface area contributed by atoms with Crippen molar-refractivity contribution in [3.05, 3.63) is 0 Å². The highest BCUT2D eigenvalue weighted by Gasteiger charge is 2.08. The van der Waals surface area contributed by atoms with Crippen molar-refractivity contribution in [3.8, 4) is 0 Å². The number of rotatable bonds is 19. The van der Waals surface area contributed by atoms with Crippen molar-refractivity contribution in [1.82, 2.24) is 0 Å². The SMILES string of the molecule is CCCCCCCCCC(=O)[O-].CCCCCCCCCC[PH+](CC)CC. The van der Waals surface area contributed by atoms with Crippen LogP contribution in [0.25, 0.3) is 0 Å². The summed E-state index contributed by atoms with van der Waals surface area (Å²) in [6.45, 7) is 9.24. The number of hydrogen-bond acceptors (Lipinski definition) is 2. The van der Waals surface area contributed by atoms with Crippen molar-refractivity contribution < 1.29 is 9.90 Å². The van der Waals surface area contributed by atoms with Crippen LogP contribution < -0.4 is 5.11 Å². The Kier molecular flexibility index (Phi) is 27.9. The fraction of sp³-hybridized carbons (Fsp3) is 0.958. The van der Waals surface area contributed by atoms with Gasteiger partial charge in [-0.3, -0.25) is 0 Å². The number of hydrogen-bond donors (Lipinski definition) is 0.